The average Bonchev–Trinajstić information content (AvgIpc) is 2.85. The number of hydrogen-bond donors (Lipinski definition) is 0. The minimum Gasteiger partial charge on any atom is -0.460 e. The monoisotopic (exact) mass is 367 g/mol. The summed E-state index contributed by atoms with van der Waals surface area (Å²) < 4.78 is 43.1. The molecule has 0 unspecified atom stereocenters. The smallest absolute Gasteiger partial charge is 0.393 e. The van der Waals surface area contributed by atoms with Crippen molar-refractivity contribution >= 4 is 29.2 Å². The van der Waals surface area contributed by atoms with Gasteiger partial charge in [-0.15, -0.1) is 5.10 Å². The highest BCUT2D eigenvalue weighted by atomic mass is 35.5. The molecule has 0 aliphatic carbocycles. The van der Waals surface area contributed by atoms with E-state index in [2.05, 4.69) is 10.1 Å². The van der Waals surface area contributed by atoms with Crippen molar-refractivity contribution in [3.63, 3.8) is 0 Å². The molecule has 10 heteroatoms. The summed E-state index contributed by atoms with van der Waals surface area (Å²) in [7, 11) is 0. The lowest BCUT2D eigenvalue weighted by molar-refractivity contribution is -0.127. The molecule has 0 N–H and O–H groups in total. The topological polar surface area (TPSA) is 57.0 Å². The van der Waals surface area contributed by atoms with Gasteiger partial charge in [-0.3, -0.25) is 0 Å². The molecular formula is C13H10Cl2F3N3O2. The summed E-state index contributed by atoms with van der Waals surface area (Å²) >= 11 is 12.0. The Hall–Kier alpha value is -1.80. The van der Waals surface area contributed by atoms with Gasteiger partial charge in [-0.25, -0.2) is 14.5 Å². The van der Waals surface area contributed by atoms with Crippen LogP contribution in [-0.2, 0) is 11.2 Å². The van der Waals surface area contributed by atoms with Crippen LogP contribution in [0.4, 0.5) is 13.2 Å². The summed E-state index contributed by atoms with van der Waals surface area (Å²) in [4.78, 5) is 15.3. The first-order valence-electron chi connectivity index (χ1n) is 6.35. The van der Waals surface area contributed by atoms with Gasteiger partial charge in [-0.05, 0) is 24.6 Å². The molecule has 0 aliphatic rings. The number of aromatic nitrogens is 3. The van der Waals surface area contributed by atoms with E-state index in [-0.39, 0.29) is 33.7 Å². The third kappa shape index (κ3) is 4.35. The first-order valence-corrected chi connectivity index (χ1v) is 7.10. The Labute approximate surface area is 139 Å². The van der Waals surface area contributed by atoms with Crippen molar-refractivity contribution < 1.29 is 22.7 Å². The predicted molar refractivity (Wildman–Crippen MR) is 77.1 cm³/mol. The Morgan fingerprint density at radius 2 is 1.91 bits per heavy atom. The normalized spacial score (nSPS) is 11.6. The van der Waals surface area contributed by atoms with Gasteiger partial charge in [-0.2, -0.15) is 13.2 Å². The summed E-state index contributed by atoms with van der Waals surface area (Å²) in [6, 6.07) is 2.28. The molecule has 0 bridgehead atoms. The van der Waals surface area contributed by atoms with Crippen LogP contribution in [-0.4, -0.2) is 33.5 Å². The number of nitrogens with zero attached hydrogens (tertiary/aromatic N) is 3. The number of carbonyl (C=O) groups is 1. The maximum Gasteiger partial charge on any atom is 0.393 e. The standard InChI is InChI=1S/C13H10Cl2F3N3O2/c1-2-23-12(22)11-19-6-21(20-11)10-8(14)3-7(4-9(10)15)5-13(16,17)18/h3-4,6H,2,5H2,1H3. The molecule has 1 heterocycles. The molecule has 5 nitrogen and oxygen atoms in total. The van der Waals surface area contributed by atoms with E-state index < -0.39 is 18.6 Å². The number of hydrogen-bond acceptors (Lipinski definition) is 4. The van der Waals surface area contributed by atoms with E-state index in [1.165, 1.54) is 6.33 Å². The van der Waals surface area contributed by atoms with Gasteiger partial charge in [0, 0.05) is 0 Å². The highest BCUT2D eigenvalue weighted by Crippen LogP contribution is 2.32. The van der Waals surface area contributed by atoms with E-state index in [1.807, 2.05) is 0 Å². The average molecular weight is 368 g/mol. The molecule has 0 saturated heterocycles. The Morgan fingerprint density at radius 1 is 1.30 bits per heavy atom. The van der Waals surface area contributed by atoms with Gasteiger partial charge in [0.25, 0.3) is 5.82 Å². The summed E-state index contributed by atoms with van der Waals surface area (Å²) in [6.07, 6.45) is -4.36. The number of benzene rings is 1. The van der Waals surface area contributed by atoms with Crippen molar-refractivity contribution in [1.82, 2.24) is 14.8 Å². The fourth-order valence-electron chi connectivity index (χ4n) is 1.83. The van der Waals surface area contributed by atoms with Crippen molar-refractivity contribution in [2.24, 2.45) is 0 Å². The van der Waals surface area contributed by atoms with Crippen LogP contribution < -0.4 is 0 Å². The van der Waals surface area contributed by atoms with Crippen LogP contribution >= 0.6 is 23.2 Å². The molecule has 0 amide bonds. The lowest BCUT2D eigenvalue weighted by atomic mass is 10.1. The maximum atomic E-state index is 12.4. The Morgan fingerprint density at radius 3 is 2.43 bits per heavy atom. The van der Waals surface area contributed by atoms with Gasteiger partial charge >= 0.3 is 12.1 Å². The lowest BCUT2D eigenvalue weighted by Crippen LogP contribution is -2.12. The Balaban J connectivity index is 2.35. The zero-order chi connectivity index (χ0) is 17.2. The van der Waals surface area contributed by atoms with E-state index in [0.717, 1.165) is 16.8 Å². The summed E-state index contributed by atoms with van der Waals surface area (Å²) in [5, 5.41) is 3.78. The van der Waals surface area contributed by atoms with Gasteiger partial charge in [0.05, 0.1) is 23.1 Å². The summed E-state index contributed by atoms with van der Waals surface area (Å²) in [5.41, 5.74) is 0.0456. The van der Waals surface area contributed by atoms with Gasteiger partial charge in [0.1, 0.15) is 12.0 Å². The van der Waals surface area contributed by atoms with Crippen LogP contribution in [0.2, 0.25) is 10.0 Å². The highest BCUT2D eigenvalue weighted by Gasteiger charge is 2.28. The molecule has 1 aromatic heterocycles. The van der Waals surface area contributed by atoms with Gasteiger partial charge in [0.2, 0.25) is 0 Å². The first-order chi connectivity index (χ1) is 10.7. The molecule has 0 radical (unpaired) electrons. The fraction of sp³-hybridized carbons (Fsp3) is 0.308. The van der Waals surface area contributed by atoms with E-state index in [0.29, 0.717) is 0 Å². The molecule has 124 valence electrons. The zero-order valence-electron chi connectivity index (χ0n) is 11.7. The van der Waals surface area contributed by atoms with Crippen molar-refractivity contribution in [2.75, 3.05) is 6.61 Å². The van der Waals surface area contributed by atoms with E-state index in [9.17, 15) is 18.0 Å². The summed E-state index contributed by atoms with van der Waals surface area (Å²) in [5.74, 6) is -0.939. The second kappa shape index (κ2) is 6.76. The molecule has 0 atom stereocenters. The number of carbonyl (C=O) groups excluding carboxylic acids is 1. The summed E-state index contributed by atoms with van der Waals surface area (Å²) in [6.45, 7) is 1.78. The van der Waals surface area contributed by atoms with Crippen LogP contribution in [0.25, 0.3) is 5.69 Å². The SMILES string of the molecule is CCOC(=O)c1ncn(-c2c(Cl)cc(CC(F)(F)F)cc2Cl)n1. The lowest BCUT2D eigenvalue weighted by Gasteiger charge is -2.11. The quantitative estimate of drug-likeness (QED) is 0.770. The minimum atomic E-state index is -4.38. The number of halogens is 5. The minimum absolute atomic E-state index is 0.0444. The third-order valence-corrected chi connectivity index (χ3v) is 3.24. The molecule has 2 rings (SSSR count). The molecule has 0 spiro atoms. The maximum absolute atomic E-state index is 12.4. The second-order valence-electron chi connectivity index (χ2n) is 4.43. The Kier molecular flexibility index (Phi) is 5.16. The van der Waals surface area contributed by atoms with E-state index in [4.69, 9.17) is 27.9 Å². The predicted octanol–water partition coefficient (Wildman–Crippen LogP) is 3.86. The van der Waals surface area contributed by atoms with Crippen LogP contribution in [0, 0.1) is 0 Å². The number of rotatable bonds is 4. The van der Waals surface area contributed by atoms with Gasteiger partial charge in [-0.1, -0.05) is 23.2 Å². The van der Waals surface area contributed by atoms with Crippen molar-refractivity contribution in [3.05, 3.63) is 39.9 Å². The first kappa shape index (κ1) is 17.6. The fourth-order valence-corrected chi connectivity index (χ4v) is 2.54. The molecular weight excluding hydrogens is 358 g/mol. The Bertz CT molecular complexity index is 708. The van der Waals surface area contributed by atoms with Crippen molar-refractivity contribution in [2.45, 2.75) is 19.5 Å². The van der Waals surface area contributed by atoms with E-state index in [1.54, 1.807) is 6.92 Å². The molecule has 2 aromatic rings. The van der Waals surface area contributed by atoms with Crippen LogP contribution in [0.3, 0.4) is 0 Å². The van der Waals surface area contributed by atoms with Crippen molar-refractivity contribution in [1.29, 1.82) is 0 Å². The molecule has 0 aliphatic heterocycles. The second-order valence-corrected chi connectivity index (χ2v) is 5.25. The molecule has 1 aromatic carbocycles. The largest absolute Gasteiger partial charge is 0.460 e. The van der Waals surface area contributed by atoms with Crippen LogP contribution in [0.15, 0.2) is 18.5 Å². The number of ether oxygens (including phenoxy) is 1. The molecule has 0 fully saturated rings. The van der Waals surface area contributed by atoms with E-state index >= 15 is 0 Å². The van der Waals surface area contributed by atoms with Crippen LogP contribution in [0.5, 0.6) is 0 Å². The number of esters is 1. The highest BCUT2D eigenvalue weighted by molar-refractivity contribution is 6.37. The van der Waals surface area contributed by atoms with Crippen LogP contribution in [0.1, 0.15) is 23.1 Å². The molecule has 23 heavy (non-hydrogen) atoms. The third-order valence-electron chi connectivity index (χ3n) is 2.66. The number of alkyl halides is 3. The molecule has 0 saturated carbocycles. The van der Waals surface area contributed by atoms with Gasteiger partial charge in [0.15, 0.2) is 0 Å². The zero-order valence-corrected chi connectivity index (χ0v) is 13.2. The van der Waals surface area contributed by atoms with Gasteiger partial charge < -0.3 is 4.74 Å². The van der Waals surface area contributed by atoms with Crippen molar-refractivity contribution in [3.8, 4) is 5.69 Å².